The Morgan fingerprint density at radius 3 is 2.79 bits per heavy atom. The quantitative estimate of drug-likeness (QED) is 0.867. The van der Waals surface area contributed by atoms with Crippen molar-refractivity contribution in [3.8, 4) is 0 Å². The molecule has 2 unspecified atom stereocenters. The van der Waals surface area contributed by atoms with E-state index in [9.17, 15) is 0 Å². The summed E-state index contributed by atoms with van der Waals surface area (Å²) in [6.07, 6.45) is 3.92. The third-order valence-electron chi connectivity index (χ3n) is 4.03. The van der Waals surface area contributed by atoms with Gasteiger partial charge in [-0.25, -0.2) is 0 Å². The predicted molar refractivity (Wildman–Crippen MR) is 84.0 cm³/mol. The van der Waals surface area contributed by atoms with Crippen molar-refractivity contribution in [2.75, 3.05) is 25.0 Å². The van der Waals surface area contributed by atoms with Crippen LogP contribution >= 0.6 is 11.6 Å². The Bertz CT molecular complexity index is 375. The van der Waals surface area contributed by atoms with Crippen LogP contribution in [0.3, 0.4) is 0 Å². The van der Waals surface area contributed by atoms with Gasteiger partial charge in [-0.3, -0.25) is 0 Å². The second-order valence-corrected chi connectivity index (χ2v) is 6.08. The summed E-state index contributed by atoms with van der Waals surface area (Å²) in [6.45, 7) is 8.31. The summed E-state index contributed by atoms with van der Waals surface area (Å²) >= 11 is 5.92. The summed E-state index contributed by atoms with van der Waals surface area (Å²) in [7, 11) is 0. The molecule has 2 rings (SSSR count). The minimum atomic E-state index is 0.515. The van der Waals surface area contributed by atoms with Gasteiger partial charge in [0.25, 0.3) is 0 Å². The maximum atomic E-state index is 5.92. The first-order valence-electron chi connectivity index (χ1n) is 7.43. The van der Waals surface area contributed by atoms with Crippen molar-refractivity contribution >= 4 is 17.3 Å². The SMILES string of the molecule is CCCN1CCCC(C(C)Nc2ccc(Cl)cc2)C1. The molecule has 1 heterocycles. The van der Waals surface area contributed by atoms with E-state index in [2.05, 4.69) is 36.2 Å². The van der Waals surface area contributed by atoms with Gasteiger partial charge in [-0.2, -0.15) is 0 Å². The van der Waals surface area contributed by atoms with Gasteiger partial charge in [-0.05, 0) is 69.5 Å². The molecule has 3 heteroatoms. The summed E-state index contributed by atoms with van der Waals surface area (Å²) in [6, 6.07) is 8.53. The van der Waals surface area contributed by atoms with Crippen LogP contribution in [0, 0.1) is 5.92 Å². The van der Waals surface area contributed by atoms with Crippen LogP contribution < -0.4 is 5.32 Å². The molecule has 2 nitrogen and oxygen atoms in total. The maximum absolute atomic E-state index is 5.92. The Morgan fingerprint density at radius 2 is 2.11 bits per heavy atom. The molecular weight excluding hydrogens is 256 g/mol. The first kappa shape index (κ1) is 14.7. The highest BCUT2D eigenvalue weighted by Gasteiger charge is 2.23. The lowest BCUT2D eigenvalue weighted by Gasteiger charge is -2.36. The Balaban J connectivity index is 1.88. The topological polar surface area (TPSA) is 15.3 Å². The fourth-order valence-corrected chi connectivity index (χ4v) is 3.07. The van der Waals surface area contributed by atoms with Crippen LogP contribution in [0.2, 0.25) is 5.02 Å². The van der Waals surface area contributed by atoms with Gasteiger partial charge in [0.1, 0.15) is 0 Å². The smallest absolute Gasteiger partial charge is 0.0407 e. The van der Waals surface area contributed by atoms with Gasteiger partial charge in [-0.15, -0.1) is 0 Å². The van der Waals surface area contributed by atoms with E-state index in [4.69, 9.17) is 11.6 Å². The van der Waals surface area contributed by atoms with Crippen LogP contribution in [0.15, 0.2) is 24.3 Å². The van der Waals surface area contributed by atoms with Gasteiger partial charge < -0.3 is 10.2 Å². The Morgan fingerprint density at radius 1 is 1.37 bits per heavy atom. The van der Waals surface area contributed by atoms with Gasteiger partial charge in [0.2, 0.25) is 0 Å². The molecule has 1 saturated heterocycles. The van der Waals surface area contributed by atoms with Gasteiger partial charge in [0.05, 0.1) is 0 Å². The largest absolute Gasteiger partial charge is 0.382 e. The molecule has 19 heavy (non-hydrogen) atoms. The predicted octanol–water partition coefficient (Wildman–Crippen LogP) is 4.26. The normalized spacial score (nSPS) is 22.2. The average molecular weight is 281 g/mol. The zero-order chi connectivity index (χ0) is 13.7. The second-order valence-electron chi connectivity index (χ2n) is 5.64. The van der Waals surface area contributed by atoms with E-state index in [0.29, 0.717) is 6.04 Å². The van der Waals surface area contributed by atoms with E-state index in [-0.39, 0.29) is 0 Å². The molecular formula is C16H25ClN2. The molecule has 1 N–H and O–H groups in total. The van der Waals surface area contributed by atoms with Crippen LogP contribution in [0.4, 0.5) is 5.69 Å². The van der Waals surface area contributed by atoms with Gasteiger partial charge in [0.15, 0.2) is 0 Å². The molecule has 0 spiro atoms. The second kappa shape index (κ2) is 7.16. The maximum Gasteiger partial charge on any atom is 0.0407 e. The number of nitrogens with one attached hydrogen (secondary N) is 1. The molecule has 0 saturated carbocycles. The lowest BCUT2D eigenvalue weighted by molar-refractivity contribution is 0.165. The number of hydrogen-bond acceptors (Lipinski definition) is 2. The van der Waals surface area contributed by atoms with Crippen molar-refractivity contribution in [1.82, 2.24) is 4.90 Å². The standard InChI is InChI=1S/C16H25ClN2/c1-3-10-19-11-4-5-14(12-19)13(2)18-16-8-6-15(17)7-9-16/h6-9,13-14,18H,3-5,10-12H2,1-2H3. The zero-order valence-electron chi connectivity index (χ0n) is 12.0. The van der Waals surface area contributed by atoms with Gasteiger partial charge in [0, 0.05) is 23.3 Å². The number of nitrogens with zero attached hydrogens (tertiary/aromatic N) is 1. The molecule has 1 aromatic rings. The van der Waals surface area contributed by atoms with E-state index in [1.807, 2.05) is 12.1 Å². The average Bonchev–Trinajstić information content (AvgIpc) is 2.42. The van der Waals surface area contributed by atoms with Gasteiger partial charge in [-0.1, -0.05) is 18.5 Å². The highest BCUT2D eigenvalue weighted by atomic mass is 35.5. The van der Waals surface area contributed by atoms with Crippen molar-refractivity contribution in [3.63, 3.8) is 0 Å². The molecule has 1 aliphatic heterocycles. The van der Waals surface area contributed by atoms with E-state index < -0.39 is 0 Å². The Kier molecular flexibility index (Phi) is 5.53. The third kappa shape index (κ3) is 4.39. The number of piperidine rings is 1. The molecule has 0 bridgehead atoms. The summed E-state index contributed by atoms with van der Waals surface area (Å²) < 4.78 is 0. The lowest BCUT2D eigenvalue weighted by Crippen LogP contribution is -2.42. The van der Waals surface area contributed by atoms with Crippen molar-refractivity contribution in [1.29, 1.82) is 0 Å². The van der Waals surface area contributed by atoms with Crippen molar-refractivity contribution in [2.45, 2.75) is 39.2 Å². The van der Waals surface area contributed by atoms with E-state index >= 15 is 0 Å². The highest BCUT2D eigenvalue weighted by Crippen LogP contribution is 2.23. The summed E-state index contributed by atoms with van der Waals surface area (Å²) in [4.78, 5) is 2.61. The molecule has 0 aromatic heterocycles. The number of likely N-dealkylation sites (tertiary alicyclic amines) is 1. The van der Waals surface area contributed by atoms with E-state index in [1.165, 1.54) is 44.6 Å². The number of hydrogen-bond donors (Lipinski definition) is 1. The number of halogens is 1. The molecule has 0 amide bonds. The van der Waals surface area contributed by atoms with E-state index in [0.717, 1.165) is 10.9 Å². The zero-order valence-corrected chi connectivity index (χ0v) is 12.8. The van der Waals surface area contributed by atoms with E-state index in [1.54, 1.807) is 0 Å². The Hall–Kier alpha value is -0.730. The molecule has 0 aliphatic carbocycles. The molecule has 106 valence electrons. The third-order valence-corrected chi connectivity index (χ3v) is 4.28. The molecule has 0 radical (unpaired) electrons. The van der Waals surface area contributed by atoms with Crippen molar-refractivity contribution in [3.05, 3.63) is 29.3 Å². The minimum Gasteiger partial charge on any atom is -0.382 e. The van der Waals surface area contributed by atoms with Crippen LogP contribution in [0.25, 0.3) is 0 Å². The number of rotatable bonds is 5. The minimum absolute atomic E-state index is 0.515. The first-order valence-corrected chi connectivity index (χ1v) is 7.81. The number of benzene rings is 1. The van der Waals surface area contributed by atoms with Crippen molar-refractivity contribution in [2.24, 2.45) is 5.92 Å². The highest BCUT2D eigenvalue weighted by molar-refractivity contribution is 6.30. The van der Waals surface area contributed by atoms with Gasteiger partial charge >= 0.3 is 0 Å². The molecule has 1 fully saturated rings. The molecule has 1 aliphatic rings. The molecule has 2 atom stereocenters. The fraction of sp³-hybridized carbons (Fsp3) is 0.625. The van der Waals surface area contributed by atoms with Crippen LogP contribution in [0.5, 0.6) is 0 Å². The number of anilines is 1. The molecule has 1 aromatic carbocycles. The van der Waals surface area contributed by atoms with Crippen LogP contribution in [-0.4, -0.2) is 30.6 Å². The monoisotopic (exact) mass is 280 g/mol. The van der Waals surface area contributed by atoms with Crippen molar-refractivity contribution < 1.29 is 0 Å². The summed E-state index contributed by atoms with van der Waals surface area (Å²) in [5.41, 5.74) is 1.17. The first-order chi connectivity index (χ1) is 9.19. The van der Waals surface area contributed by atoms with Crippen LogP contribution in [0.1, 0.15) is 33.1 Å². The summed E-state index contributed by atoms with van der Waals surface area (Å²) in [5.74, 6) is 0.746. The Labute approximate surface area is 122 Å². The van der Waals surface area contributed by atoms with Crippen LogP contribution in [-0.2, 0) is 0 Å². The lowest BCUT2D eigenvalue weighted by atomic mass is 9.91. The summed E-state index contributed by atoms with van der Waals surface area (Å²) in [5, 5.41) is 4.41. The fourth-order valence-electron chi connectivity index (χ4n) is 2.95.